The Morgan fingerprint density at radius 1 is 0.875 bits per heavy atom. The number of aromatic nitrogens is 4. The molecule has 1 aliphatic carbocycles. The molecule has 1 saturated heterocycles. The predicted octanol–water partition coefficient (Wildman–Crippen LogP) is 5.58. The number of rotatable bonds is 5. The summed E-state index contributed by atoms with van der Waals surface area (Å²) in [6.45, 7) is 7.12. The van der Waals surface area contributed by atoms with Gasteiger partial charge in [-0.2, -0.15) is 5.10 Å². The average Bonchev–Trinajstić information content (AvgIpc) is 3.14. The molecule has 6 rings (SSSR count). The molecule has 1 aliphatic heterocycles. The molecule has 208 valence electrons. The van der Waals surface area contributed by atoms with Crippen LogP contribution in [0, 0.1) is 13.8 Å². The van der Waals surface area contributed by atoms with Gasteiger partial charge in [-0.25, -0.2) is 19.4 Å². The first-order valence-corrected chi connectivity index (χ1v) is 14.7. The highest BCUT2D eigenvalue weighted by atomic mass is 16.2. The number of nitrogens with one attached hydrogen (secondary N) is 1. The van der Waals surface area contributed by atoms with Gasteiger partial charge in [-0.1, -0.05) is 67.3 Å². The Balaban J connectivity index is 1.32. The van der Waals surface area contributed by atoms with Crippen molar-refractivity contribution < 1.29 is 4.79 Å². The van der Waals surface area contributed by atoms with E-state index in [-0.39, 0.29) is 6.03 Å². The van der Waals surface area contributed by atoms with Crippen LogP contribution in [-0.4, -0.2) is 62.9 Å². The number of urea groups is 1. The Labute approximate surface area is 236 Å². The standard InChI is InChI=1S/C32H39N7O/c1-23-14-16-25(17-15-23)22-28-34-30(29-24(2)36-39(31(29)35-28)27-12-7-4-8-13-27)37-18-9-19-38(21-20-37)32(40)33-26-10-5-3-6-11-26/h4,7-8,12-17,26H,3,5-6,9-11,18-22H2,1-2H3,(H,33,40). The van der Waals surface area contributed by atoms with Gasteiger partial charge in [0.1, 0.15) is 11.6 Å². The van der Waals surface area contributed by atoms with Crippen molar-refractivity contribution in [2.75, 3.05) is 31.1 Å². The topological polar surface area (TPSA) is 79.2 Å². The van der Waals surface area contributed by atoms with Crippen LogP contribution in [0.4, 0.5) is 10.6 Å². The molecular weight excluding hydrogens is 498 g/mol. The van der Waals surface area contributed by atoms with E-state index in [1.807, 2.05) is 34.7 Å². The van der Waals surface area contributed by atoms with E-state index in [4.69, 9.17) is 15.1 Å². The number of aryl methyl sites for hydroxylation is 2. The second-order valence-electron chi connectivity index (χ2n) is 11.3. The van der Waals surface area contributed by atoms with Crippen LogP contribution in [0.25, 0.3) is 16.7 Å². The predicted molar refractivity (Wildman–Crippen MR) is 159 cm³/mol. The van der Waals surface area contributed by atoms with Gasteiger partial charge in [0.05, 0.1) is 16.8 Å². The molecule has 0 spiro atoms. The smallest absolute Gasteiger partial charge is 0.317 e. The van der Waals surface area contributed by atoms with Gasteiger partial charge < -0.3 is 15.1 Å². The molecule has 2 amide bonds. The van der Waals surface area contributed by atoms with Crippen molar-refractivity contribution in [1.29, 1.82) is 0 Å². The molecular formula is C32H39N7O. The van der Waals surface area contributed by atoms with Crippen LogP contribution in [0.3, 0.4) is 0 Å². The van der Waals surface area contributed by atoms with Crippen molar-refractivity contribution in [3.63, 3.8) is 0 Å². The second-order valence-corrected chi connectivity index (χ2v) is 11.3. The van der Waals surface area contributed by atoms with Crippen molar-refractivity contribution in [3.05, 3.63) is 77.2 Å². The highest BCUT2D eigenvalue weighted by Crippen LogP contribution is 2.30. The zero-order valence-corrected chi connectivity index (χ0v) is 23.6. The summed E-state index contributed by atoms with van der Waals surface area (Å²) >= 11 is 0. The van der Waals surface area contributed by atoms with Gasteiger partial charge in [0.2, 0.25) is 0 Å². The summed E-state index contributed by atoms with van der Waals surface area (Å²) in [6, 6.07) is 19.1. The lowest BCUT2D eigenvalue weighted by molar-refractivity contribution is 0.193. The Kier molecular flexibility index (Phi) is 7.66. The maximum atomic E-state index is 13.1. The number of amides is 2. The maximum absolute atomic E-state index is 13.1. The summed E-state index contributed by atoms with van der Waals surface area (Å²) < 4.78 is 1.94. The molecule has 0 bridgehead atoms. The van der Waals surface area contributed by atoms with E-state index in [0.717, 1.165) is 73.0 Å². The Bertz CT molecular complexity index is 1460. The summed E-state index contributed by atoms with van der Waals surface area (Å²) in [5.41, 5.74) is 5.13. The minimum atomic E-state index is 0.0784. The van der Waals surface area contributed by atoms with Crippen molar-refractivity contribution in [1.82, 2.24) is 30.0 Å². The number of carbonyl (C=O) groups excluding carboxylic acids is 1. The molecule has 4 aromatic rings. The van der Waals surface area contributed by atoms with Gasteiger partial charge in [0, 0.05) is 38.6 Å². The molecule has 40 heavy (non-hydrogen) atoms. The summed E-state index contributed by atoms with van der Waals surface area (Å²) in [7, 11) is 0. The third-order valence-electron chi connectivity index (χ3n) is 8.23. The molecule has 8 heteroatoms. The fourth-order valence-electron chi connectivity index (χ4n) is 6.00. The summed E-state index contributed by atoms with van der Waals surface area (Å²) in [6.07, 6.45) is 7.43. The second kappa shape index (κ2) is 11.7. The molecule has 8 nitrogen and oxygen atoms in total. The number of fused-ring (bicyclic) bond motifs is 1. The summed E-state index contributed by atoms with van der Waals surface area (Å²) in [5.74, 6) is 1.70. The molecule has 2 aromatic heterocycles. The van der Waals surface area contributed by atoms with Crippen molar-refractivity contribution in [2.45, 2.75) is 64.8 Å². The number of carbonyl (C=O) groups is 1. The van der Waals surface area contributed by atoms with Crippen LogP contribution in [0.15, 0.2) is 54.6 Å². The minimum Gasteiger partial charge on any atom is -0.354 e. The summed E-state index contributed by atoms with van der Waals surface area (Å²) in [4.78, 5) is 27.7. The molecule has 1 N–H and O–H groups in total. The molecule has 0 unspecified atom stereocenters. The van der Waals surface area contributed by atoms with Crippen LogP contribution in [0.5, 0.6) is 0 Å². The Hall–Kier alpha value is -3.94. The van der Waals surface area contributed by atoms with Crippen LogP contribution >= 0.6 is 0 Å². The van der Waals surface area contributed by atoms with E-state index in [1.165, 1.54) is 30.4 Å². The first-order valence-electron chi connectivity index (χ1n) is 14.7. The summed E-state index contributed by atoms with van der Waals surface area (Å²) in [5, 5.41) is 9.20. The monoisotopic (exact) mass is 537 g/mol. The first kappa shape index (κ1) is 26.3. The van der Waals surface area contributed by atoms with E-state index in [0.29, 0.717) is 19.0 Å². The van der Waals surface area contributed by atoms with Crippen LogP contribution in [0.2, 0.25) is 0 Å². The van der Waals surface area contributed by atoms with E-state index < -0.39 is 0 Å². The maximum Gasteiger partial charge on any atom is 0.317 e. The zero-order chi connectivity index (χ0) is 27.5. The van der Waals surface area contributed by atoms with Gasteiger partial charge in [-0.05, 0) is 50.8 Å². The largest absolute Gasteiger partial charge is 0.354 e. The van der Waals surface area contributed by atoms with Gasteiger partial charge >= 0.3 is 6.03 Å². The fraction of sp³-hybridized carbons (Fsp3) is 0.438. The number of hydrogen-bond acceptors (Lipinski definition) is 5. The van der Waals surface area contributed by atoms with Gasteiger partial charge in [0.25, 0.3) is 0 Å². The van der Waals surface area contributed by atoms with E-state index in [1.54, 1.807) is 0 Å². The van der Waals surface area contributed by atoms with E-state index in [2.05, 4.69) is 53.5 Å². The molecule has 2 aliphatic rings. The van der Waals surface area contributed by atoms with E-state index in [9.17, 15) is 4.79 Å². The van der Waals surface area contributed by atoms with Gasteiger partial charge in [-0.15, -0.1) is 0 Å². The molecule has 3 heterocycles. The lowest BCUT2D eigenvalue weighted by atomic mass is 9.96. The average molecular weight is 538 g/mol. The van der Waals surface area contributed by atoms with Crippen molar-refractivity contribution in [2.24, 2.45) is 0 Å². The van der Waals surface area contributed by atoms with Crippen LogP contribution in [0.1, 0.15) is 61.2 Å². The third kappa shape index (κ3) is 5.67. The highest BCUT2D eigenvalue weighted by molar-refractivity contribution is 5.91. The van der Waals surface area contributed by atoms with Gasteiger partial charge in [0.15, 0.2) is 5.65 Å². The minimum absolute atomic E-state index is 0.0784. The fourth-order valence-corrected chi connectivity index (χ4v) is 6.00. The van der Waals surface area contributed by atoms with Crippen LogP contribution < -0.4 is 10.2 Å². The molecule has 0 radical (unpaired) electrons. The van der Waals surface area contributed by atoms with Crippen molar-refractivity contribution >= 4 is 22.9 Å². The first-order chi connectivity index (χ1) is 19.5. The lowest BCUT2D eigenvalue weighted by Crippen LogP contribution is -2.46. The molecule has 1 saturated carbocycles. The van der Waals surface area contributed by atoms with Crippen molar-refractivity contribution in [3.8, 4) is 5.69 Å². The molecule has 2 fully saturated rings. The molecule has 0 atom stereocenters. The Morgan fingerprint density at radius 2 is 1.65 bits per heavy atom. The zero-order valence-electron chi connectivity index (χ0n) is 23.6. The SMILES string of the molecule is Cc1ccc(Cc2nc(N3CCCN(C(=O)NC4CCCCC4)CC3)c3c(C)nn(-c4ccccc4)c3n2)cc1. The normalized spacial score (nSPS) is 16.8. The lowest BCUT2D eigenvalue weighted by Gasteiger charge is -2.28. The number of nitrogens with zero attached hydrogens (tertiary/aromatic N) is 6. The number of para-hydroxylation sites is 1. The van der Waals surface area contributed by atoms with E-state index >= 15 is 0 Å². The van der Waals surface area contributed by atoms with Gasteiger partial charge in [-0.3, -0.25) is 0 Å². The number of benzene rings is 2. The number of hydrogen-bond donors (Lipinski definition) is 1. The van der Waals surface area contributed by atoms with Crippen LogP contribution in [-0.2, 0) is 6.42 Å². The molecule has 2 aromatic carbocycles. The third-order valence-corrected chi connectivity index (χ3v) is 8.23. The number of anilines is 1. The quantitative estimate of drug-likeness (QED) is 0.360. The Morgan fingerprint density at radius 3 is 2.42 bits per heavy atom. The highest BCUT2D eigenvalue weighted by Gasteiger charge is 2.26.